The minimum atomic E-state index is 0.208. The largest absolute Gasteiger partial charge is 0.355 e. The minimum absolute atomic E-state index is 0.208. The molecule has 1 amide bonds. The Morgan fingerprint density at radius 3 is 2.61 bits per heavy atom. The van der Waals surface area contributed by atoms with Crippen molar-refractivity contribution in [3.8, 4) is 0 Å². The molecule has 0 bridgehead atoms. The first-order valence-electron chi connectivity index (χ1n) is 7.18. The molecule has 3 nitrogen and oxygen atoms in total. The Labute approximate surface area is 112 Å². The van der Waals surface area contributed by atoms with Crippen molar-refractivity contribution in [1.82, 2.24) is 10.6 Å². The number of carbonyl (C=O) groups excluding carboxylic acids is 1. The van der Waals surface area contributed by atoms with Crippen LogP contribution >= 0.6 is 0 Å². The molecule has 2 atom stereocenters. The molecule has 18 heavy (non-hydrogen) atoms. The van der Waals surface area contributed by atoms with Gasteiger partial charge in [0.15, 0.2) is 0 Å². The highest BCUT2D eigenvalue weighted by Crippen LogP contribution is 2.26. The van der Waals surface area contributed by atoms with Crippen molar-refractivity contribution in [2.75, 3.05) is 19.6 Å². The third kappa shape index (κ3) is 5.85. The lowest BCUT2D eigenvalue weighted by atomic mass is 9.84. The fourth-order valence-corrected chi connectivity index (χ4v) is 2.84. The van der Waals surface area contributed by atoms with Crippen molar-refractivity contribution in [3.05, 3.63) is 0 Å². The van der Waals surface area contributed by atoms with E-state index >= 15 is 0 Å². The van der Waals surface area contributed by atoms with E-state index in [2.05, 4.69) is 45.3 Å². The zero-order chi connectivity index (χ0) is 13.8. The van der Waals surface area contributed by atoms with E-state index in [1.165, 1.54) is 0 Å². The van der Waals surface area contributed by atoms with Crippen LogP contribution in [0.3, 0.4) is 0 Å². The van der Waals surface area contributed by atoms with E-state index in [-0.39, 0.29) is 11.3 Å². The average molecular weight is 254 g/mol. The lowest BCUT2D eigenvalue weighted by Crippen LogP contribution is -2.37. The van der Waals surface area contributed by atoms with Crippen molar-refractivity contribution in [2.24, 2.45) is 16.7 Å². The predicted octanol–water partition coefficient (Wildman–Crippen LogP) is 2.56. The average Bonchev–Trinajstić information content (AvgIpc) is 2.60. The highest BCUT2D eigenvalue weighted by atomic mass is 16.1. The van der Waals surface area contributed by atoms with Crippen LogP contribution in [0.5, 0.6) is 0 Å². The third-order valence-corrected chi connectivity index (χ3v) is 3.66. The Morgan fingerprint density at radius 2 is 2.11 bits per heavy atom. The standard InChI is InChI=1S/C15H30N2O/c1-12(9-14(2,3)4)8-13(18)17-11-15(5)6-7-16-10-15/h12,16H,6-11H2,1-5H3,(H,17,18). The van der Waals surface area contributed by atoms with Gasteiger partial charge in [0, 0.05) is 19.5 Å². The molecular formula is C15H30N2O. The predicted molar refractivity (Wildman–Crippen MR) is 76.5 cm³/mol. The normalized spacial score (nSPS) is 26.1. The fraction of sp³-hybridized carbons (Fsp3) is 0.933. The van der Waals surface area contributed by atoms with Gasteiger partial charge in [-0.15, -0.1) is 0 Å². The lowest BCUT2D eigenvalue weighted by Gasteiger charge is -2.25. The third-order valence-electron chi connectivity index (χ3n) is 3.66. The second-order valence-corrected chi connectivity index (χ2v) is 7.59. The molecule has 1 aliphatic heterocycles. The summed E-state index contributed by atoms with van der Waals surface area (Å²) in [4.78, 5) is 11.9. The van der Waals surface area contributed by atoms with Crippen LogP contribution in [0, 0.1) is 16.7 Å². The zero-order valence-electron chi connectivity index (χ0n) is 12.7. The molecule has 106 valence electrons. The van der Waals surface area contributed by atoms with Crippen LogP contribution in [0.2, 0.25) is 0 Å². The SMILES string of the molecule is CC(CC(=O)NCC1(C)CCNC1)CC(C)(C)C. The summed E-state index contributed by atoms with van der Waals surface area (Å²) in [5.74, 6) is 0.666. The van der Waals surface area contributed by atoms with Crippen LogP contribution in [0.4, 0.5) is 0 Å². The summed E-state index contributed by atoms with van der Waals surface area (Å²) >= 11 is 0. The second kappa shape index (κ2) is 6.05. The van der Waals surface area contributed by atoms with Gasteiger partial charge in [0.25, 0.3) is 0 Å². The first kappa shape index (κ1) is 15.5. The highest BCUT2D eigenvalue weighted by Gasteiger charge is 2.29. The highest BCUT2D eigenvalue weighted by molar-refractivity contribution is 5.76. The fourth-order valence-electron chi connectivity index (χ4n) is 2.84. The number of nitrogens with one attached hydrogen (secondary N) is 2. The molecule has 0 radical (unpaired) electrons. The van der Waals surface area contributed by atoms with Crippen LogP contribution in [-0.4, -0.2) is 25.5 Å². The summed E-state index contributed by atoms with van der Waals surface area (Å²) in [6.45, 7) is 14.0. The number of hydrogen-bond acceptors (Lipinski definition) is 2. The molecule has 1 rings (SSSR count). The van der Waals surface area contributed by atoms with Crippen LogP contribution in [0.1, 0.15) is 53.9 Å². The Bertz CT molecular complexity index is 275. The van der Waals surface area contributed by atoms with Crippen LogP contribution < -0.4 is 10.6 Å². The second-order valence-electron chi connectivity index (χ2n) is 7.59. The van der Waals surface area contributed by atoms with Crippen molar-refractivity contribution in [3.63, 3.8) is 0 Å². The van der Waals surface area contributed by atoms with Gasteiger partial charge in [-0.2, -0.15) is 0 Å². The molecule has 0 spiro atoms. The molecule has 1 saturated heterocycles. The van der Waals surface area contributed by atoms with Gasteiger partial charge >= 0.3 is 0 Å². The van der Waals surface area contributed by atoms with E-state index in [1.54, 1.807) is 0 Å². The molecule has 1 fully saturated rings. The van der Waals surface area contributed by atoms with E-state index in [1.807, 2.05) is 0 Å². The maximum atomic E-state index is 11.9. The number of amides is 1. The van der Waals surface area contributed by atoms with Crippen molar-refractivity contribution in [1.29, 1.82) is 0 Å². The van der Waals surface area contributed by atoms with E-state index < -0.39 is 0 Å². The number of rotatable bonds is 5. The van der Waals surface area contributed by atoms with Crippen molar-refractivity contribution < 1.29 is 4.79 Å². The lowest BCUT2D eigenvalue weighted by molar-refractivity contribution is -0.122. The first-order chi connectivity index (χ1) is 8.20. The Balaban J connectivity index is 2.25. The molecule has 0 aromatic carbocycles. The van der Waals surface area contributed by atoms with E-state index in [9.17, 15) is 4.79 Å². The zero-order valence-corrected chi connectivity index (χ0v) is 12.7. The van der Waals surface area contributed by atoms with Gasteiger partial charge in [-0.05, 0) is 36.1 Å². The molecule has 0 aliphatic carbocycles. The van der Waals surface area contributed by atoms with Crippen molar-refractivity contribution in [2.45, 2.75) is 53.9 Å². The van der Waals surface area contributed by atoms with E-state index in [0.29, 0.717) is 17.8 Å². The minimum Gasteiger partial charge on any atom is -0.355 e. The van der Waals surface area contributed by atoms with Gasteiger partial charge in [-0.3, -0.25) is 4.79 Å². The van der Waals surface area contributed by atoms with Crippen LogP contribution in [0.15, 0.2) is 0 Å². The molecular weight excluding hydrogens is 224 g/mol. The molecule has 3 heteroatoms. The molecule has 0 aromatic rings. The smallest absolute Gasteiger partial charge is 0.220 e. The van der Waals surface area contributed by atoms with Gasteiger partial charge < -0.3 is 10.6 Å². The van der Waals surface area contributed by atoms with Gasteiger partial charge in [0.2, 0.25) is 5.91 Å². The number of carbonyl (C=O) groups is 1. The molecule has 1 heterocycles. The summed E-state index contributed by atoms with van der Waals surface area (Å²) in [7, 11) is 0. The number of hydrogen-bond donors (Lipinski definition) is 2. The van der Waals surface area contributed by atoms with Gasteiger partial charge in [-0.25, -0.2) is 0 Å². The van der Waals surface area contributed by atoms with Gasteiger partial charge in [0.05, 0.1) is 0 Å². The summed E-state index contributed by atoms with van der Waals surface area (Å²) in [6, 6.07) is 0. The Morgan fingerprint density at radius 1 is 1.44 bits per heavy atom. The van der Waals surface area contributed by atoms with Crippen LogP contribution in [-0.2, 0) is 4.79 Å². The molecule has 0 saturated carbocycles. The first-order valence-corrected chi connectivity index (χ1v) is 7.18. The quantitative estimate of drug-likeness (QED) is 0.791. The summed E-state index contributed by atoms with van der Waals surface area (Å²) in [6.07, 6.45) is 2.91. The van der Waals surface area contributed by atoms with Crippen molar-refractivity contribution >= 4 is 5.91 Å². The summed E-state index contributed by atoms with van der Waals surface area (Å²) in [5, 5.41) is 6.46. The molecule has 0 aromatic heterocycles. The molecule has 2 N–H and O–H groups in total. The maximum absolute atomic E-state index is 11.9. The van der Waals surface area contributed by atoms with E-state index in [4.69, 9.17) is 0 Å². The van der Waals surface area contributed by atoms with Gasteiger partial charge in [0.1, 0.15) is 0 Å². The Hall–Kier alpha value is -0.570. The van der Waals surface area contributed by atoms with Gasteiger partial charge in [-0.1, -0.05) is 34.6 Å². The monoisotopic (exact) mass is 254 g/mol. The maximum Gasteiger partial charge on any atom is 0.220 e. The summed E-state index contributed by atoms with van der Waals surface area (Å²) < 4.78 is 0. The molecule has 1 aliphatic rings. The van der Waals surface area contributed by atoms with E-state index in [0.717, 1.165) is 32.5 Å². The van der Waals surface area contributed by atoms with Crippen LogP contribution in [0.25, 0.3) is 0 Å². The topological polar surface area (TPSA) is 41.1 Å². The Kier molecular flexibility index (Phi) is 5.20. The summed E-state index contributed by atoms with van der Waals surface area (Å²) in [5.41, 5.74) is 0.559. The molecule has 2 unspecified atom stereocenters.